The third-order valence-corrected chi connectivity index (χ3v) is 3.94. The SMILES string of the molecule is Cc1nsc2ncnc(N3CCN[C@H](C)C3)c12. The molecule has 3 rings (SSSR count). The highest BCUT2D eigenvalue weighted by Crippen LogP contribution is 2.28. The minimum absolute atomic E-state index is 0.501. The minimum atomic E-state index is 0.501. The fourth-order valence-electron chi connectivity index (χ4n) is 2.27. The Hall–Kier alpha value is -1.27. The fourth-order valence-corrected chi connectivity index (χ4v) is 3.01. The van der Waals surface area contributed by atoms with Gasteiger partial charge < -0.3 is 10.2 Å². The molecule has 17 heavy (non-hydrogen) atoms. The van der Waals surface area contributed by atoms with Crippen LogP contribution in [0.3, 0.4) is 0 Å². The summed E-state index contributed by atoms with van der Waals surface area (Å²) in [7, 11) is 0. The number of hydrogen-bond donors (Lipinski definition) is 1. The molecule has 0 bridgehead atoms. The molecule has 1 N–H and O–H groups in total. The molecule has 2 aromatic heterocycles. The Morgan fingerprint density at radius 2 is 2.35 bits per heavy atom. The van der Waals surface area contributed by atoms with Gasteiger partial charge in [0.1, 0.15) is 17.0 Å². The van der Waals surface area contributed by atoms with Crippen LogP contribution in [0.25, 0.3) is 10.2 Å². The number of aromatic nitrogens is 3. The van der Waals surface area contributed by atoms with Gasteiger partial charge in [-0.2, -0.15) is 4.37 Å². The van der Waals surface area contributed by atoms with Gasteiger partial charge in [-0.3, -0.25) is 0 Å². The molecule has 2 aromatic rings. The Bertz CT molecular complexity index is 538. The van der Waals surface area contributed by atoms with E-state index in [0.717, 1.165) is 41.4 Å². The zero-order valence-corrected chi connectivity index (χ0v) is 10.8. The third kappa shape index (κ3) is 1.87. The zero-order chi connectivity index (χ0) is 11.8. The number of anilines is 1. The fraction of sp³-hybridized carbons (Fsp3) is 0.545. The lowest BCUT2D eigenvalue weighted by Gasteiger charge is -2.33. The molecule has 90 valence electrons. The van der Waals surface area contributed by atoms with Gasteiger partial charge in [-0.05, 0) is 25.4 Å². The van der Waals surface area contributed by atoms with Crippen LogP contribution < -0.4 is 10.2 Å². The topological polar surface area (TPSA) is 53.9 Å². The summed E-state index contributed by atoms with van der Waals surface area (Å²) in [6.07, 6.45) is 1.64. The van der Waals surface area contributed by atoms with Crippen molar-refractivity contribution < 1.29 is 0 Å². The maximum atomic E-state index is 4.45. The first-order valence-electron chi connectivity index (χ1n) is 5.81. The highest BCUT2D eigenvalue weighted by molar-refractivity contribution is 7.13. The van der Waals surface area contributed by atoms with E-state index in [-0.39, 0.29) is 0 Å². The van der Waals surface area contributed by atoms with Crippen LogP contribution in [0.4, 0.5) is 5.82 Å². The van der Waals surface area contributed by atoms with Gasteiger partial charge in [0.2, 0.25) is 0 Å². The molecule has 1 aliphatic heterocycles. The maximum Gasteiger partial charge on any atom is 0.149 e. The molecule has 0 aromatic carbocycles. The Balaban J connectivity index is 2.07. The molecule has 0 aliphatic carbocycles. The average Bonchev–Trinajstić information content (AvgIpc) is 2.71. The van der Waals surface area contributed by atoms with Crippen molar-refractivity contribution in [3.05, 3.63) is 12.0 Å². The predicted molar refractivity (Wildman–Crippen MR) is 69.6 cm³/mol. The molecule has 1 saturated heterocycles. The first kappa shape index (κ1) is 10.9. The van der Waals surface area contributed by atoms with E-state index in [0.29, 0.717) is 6.04 Å². The summed E-state index contributed by atoms with van der Waals surface area (Å²) in [5, 5.41) is 4.56. The van der Waals surface area contributed by atoms with Gasteiger partial charge in [-0.15, -0.1) is 0 Å². The van der Waals surface area contributed by atoms with Gasteiger partial charge in [0.15, 0.2) is 0 Å². The number of fused-ring (bicyclic) bond motifs is 1. The molecule has 1 fully saturated rings. The highest BCUT2D eigenvalue weighted by atomic mass is 32.1. The van der Waals surface area contributed by atoms with Gasteiger partial charge in [0, 0.05) is 25.7 Å². The lowest BCUT2D eigenvalue weighted by molar-refractivity contribution is 0.483. The van der Waals surface area contributed by atoms with Crippen LogP contribution in [-0.2, 0) is 0 Å². The van der Waals surface area contributed by atoms with E-state index < -0.39 is 0 Å². The molecule has 1 atom stereocenters. The van der Waals surface area contributed by atoms with E-state index >= 15 is 0 Å². The van der Waals surface area contributed by atoms with Gasteiger partial charge in [-0.1, -0.05) is 0 Å². The largest absolute Gasteiger partial charge is 0.353 e. The van der Waals surface area contributed by atoms with Crippen LogP contribution >= 0.6 is 11.5 Å². The molecule has 1 aliphatic rings. The lowest BCUT2D eigenvalue weighted by atomic mass is 10.2. The number of nitrogens with one attached hydrogen (secondary N) is 1. The Morgan fingerprint density at radius 3 is 3.18 bits per heavy atom. The van der Waals surface area contributed by atoms with Crippen molar-refractivity contribution in [2.24, 2.45) is 0 Å². The minimum Gasteiger partial charge on any atom is -0.353 e. The summed E-state index contributed by atoms with van der Waals surface area (Å²) >= 11 is 1.45. The zero-order valence-electron chi connectivity index (χ0n) is 9.97. The highest BCUT2D eigenvalue weighted by Gasteiger charge is 2.20. The first-order valence-corrected chi connectivity index (χ1v) is 6.58. The summed E-state index contributed by atoms with van der Waals surface area (Å²) in [6.45, 7) is 7.21. The second kappa shape index (κ2) is 4.19. The van der Waals surface area contributed by atoms with Crippen molar-refractivity contribution in [3.63, 3.8) is 0 Å². The van der Waals surface area contributed by atoms with Crippen molar-refractivity contribution in [2.45, 2.75) is 19.9 Å². The second-order valence-electron chi connectivity index (χ2n) is 4.45. The van der Waals surface area contributed by atoms with Crippen molar-refractivity contribution >= 4 is 27.6 Å². The molecule has 6 heteroatoms. The number of nitrogens with zero attached hydrogens (tertiary/aromatic N) is 4. The number of hydrogen-bond acceptors (Lipinski definition) is 6. The molecule has 0 amide bonds. The molecule has 0 saturated carbocycles. The molecule has 0 spiro atoms. The summed E-state index contributed by atoms with van der Waals surface area (Å²) in [5.41, 5.74) is 1.03. The summed E-state index contributed by atoms with van der Waals surface area (Å²) in [6, 6.07) is 0.501. The number of piperazine rings is 1. The van der Waals surface area contributed by atoms with E-state index in [2.05, 4.69) is 31.5 Å². The molecule has 5 nitrogen and oxygen atoms in total. The molecule has 0 unspecified atom stereocenters. The summed E-state index contributed by atoms with van der Waals surface area (Å²) < 4.78 is 4.37. The van der Waals surface area contributed by atoms with E-state index in [9.17, 15) is 0 Å². The lowest BCUT2D eigenvalue weighted by Crippen LogP contribution is -2.49. The quantitative estimate of drug-likeness (QED) is 0.823. The van der Waals surface area contributed by atoms with Crippen LogP contribution in [0.15, 0.2) is 6.33 Å². The van der Waals surface area contributed by atoms with Crippen LogP contribution in [0.1, 0.15) is 12.6 Å². The molecular weight excluding hydrogens is 234 g/mol. The predicted octanol–water partition coefficient (Wildman–Crippen LogP) is 1.19. The van der Waals surface area contributed by atoms with E-state index in [1.807, 2.05) is 6.92 Å². The van der Waals surface area contributed by atoms with Crippen LogP contribution in [0, 0.1) is 6.92 Å². The Morgan fingerprint density at radius 1 is 1.47 bits per heavy atom. The van der Waals surface area contributed by atoms with Gasteiger partial charge in [0.25, 0.3) is 0 Å². The van der Waals surface area contributed by atoms with Gasteiger partial charge in [-0.25, -0.2) is 9.97 Å². The smallest absolute Gasteiger partial charge is 0.149 e. The Labute approximate surface area is 104 Å². The van der Waals surface area contributed by atoms with Crippen LogP contribution in [0.5, 0.6) is 0 Å². The normalized spacial score (nSPS) is 21.1. The van der Waals surface area contributed by atoms with Crippen molar-refractivity contribution in [1.82, 2.24) is 19.7 Å². The van der Waals surface area contributed by atoms with E-state index in [1.165, 1.54) is 11.5 Å². The molecular formula is C11H15N5S. The van der Waals surface area contributed by atoms with Crippen LogP contribution in [0.2, 0.25) is 0 Å². The molecule has 3 heterocycles. The second-order valence-corrected chi connectivity index (χ2v) is 5.20. The third-order valence-electron chi connectivity index (χ3n) is 3.09. The van der Waals surface area contributed by atoms with Crippen molar-refractivity contribution in [1.29, 1.82) is 0 Å². The van der Waals surface area contributed by atoms with E-state index in [4.69, 9.17) is 0 Å². The summed E-state index contributed by atoms with van der Waals surface area (Å²) in [5.74, 6) is 1.04. The van der Waals surface area contributed by atoms with Crippen LogP contribution in [-0.4, -0.2) is 40.0 Å². The number of rotatable bonds is 1. The van der Waals surface area contributed by atoms with Gasteiger partial charge >= 0.3 is 0 Å². The summed E-state index contributed by atoms with van der Waals surface area (Å²) in [4.78, 5) is 12.0. The standard InChI is InChI=1S/C11H15N5S/c1-7-5-16(4-3-12-7)10-9-8(2)15-17-11(9)14-6-13-10/h6-7,12H,3-5H2,1-2H3/t7-/m1/s1. The average molecular weight is 249 g/mol. The van der Waals surface area contributed by atoms with E-state index in [1.54, 1.807) is 6.33 Å². The number of aryl methyl sites for hydroxylation is 1. The maximum absolute atomic E-state index is 4.45. The van der Waals surface area contributed by atoms with Gasteiger partial charge in [0.05, 0.1) is 11.1 Å². The van der Waals surface area contributed by atoms with Crippen molar-refractivity contribution in [2.75, 3.05) is 24.5 Å². The Kier molecular flexibility index (Phi) is 2.68. The monoisotopic (exact) mass is 249 g/mol. The van der Waals surface area contributed by atoms with Crippen molar-refractivity contribution in [3.8, 4) is 0 Å². The first-order chi connectivity index (χ1) is 8.25. The molecule has 0 radical (unpaired) electrons.